The molecule has 1 aromatic heterocycles. The summed E-state index contributed by atoms with van der Waals surface area (Å²) >= 11 is 0. The molecule has 0 fully saturated rings. The van der Waals surface area contributed by atoms with Gasteiger partial charge in [0.25, 0.3) is 5.91 Å². The number of carbonyl (C=O) groups excluding carboxylic acids is 1. The maximum atomic E-state index is 11.7. The third kappa shape index (κ3) is 4.71. The van der Waals surface area contributed by atoms with Gasteiger partial charge >= 0.3 is 0 Å². The molecule has 100 valence electrons. The van der Waals surface area contributed by atoms with Crippen LogP contribution in [0.15, 0.2) is 18.3 Å². The number of nitrogens with zero attached hydrogens (tertiary/aromatic N) is 1. The number of nitrogens with two attached hydrogens (primary N) is 1. The van der Waals surface area contributed by atoms with Crippen LogP contribution in [-0.2, 0) is 11.3 Å². The van der Waals surface area contributed by atoms with Gasteiger partial charge in [0.15, 0.2) is 6.10 Å². The van der Waals surface area contributed by atoms with Crippen molar-refractivity contribution in [2.45, 2.75) is 33.4 Å². The quantitative estimate of drug-likeness (QED) is 0.793. The standard InChI is InChI=1S/C13H21N3O2/c1-9(2)7-16-13(17)10(3)18-12-5-4-11(6-14)15-8-12/h4-5,8-10H,6-7,14H2,1-3H3,(H,16,17). The van der Waals surface area contributed by atoms with Gasteiger partial charge in [-0.15, -0.1) is 0 Å². The Balaban J connectivity index is 2.47. The molecule has 5 nitrogen and oxygen atoms in total. The van der Waals surface area contributed by atoms with E-state index in [1.165, 1.54) is 0 Å². The Hall–Kier alpha value is -1.62. The van der Waals surface area contributed by atoms with Gasteiger partial charge in [0.2, 0.25) is 0 Å². The van der Waals surface area contributed by atoms with Crippen molar-refractivity contribution >= 4 is 5.91 Å². The van der Waals surface area contributed by atoms with E-state index in [1.54, 1.807) is 25.3 Å². The number of aromatic nitrogens is 1. The van der Waals surface area contributed by atoms with Crippen molar-refractivity contribution in [3.63, 3.8) is 0 Å². The highest BCUT2D eigenvalue weighted by molar-refractivity contribution is 5.80. The molecule has 0 bridgehead atoms. The van der Waals surface area contributed by atoms with E-state index in [0.29, 0.717) is 24.8 Å². The number of ether oxygens (including phenoxy) is 1. The number of rotatable bonds is 6. The SMILES string of the molecule is CC(C)CNC(=O)C(C)Oc1ccc(CN)nc1. The third-order valence-electron chi connectivity index (χ3n) is 2.37. The van der Waals surface area contributed by atoms with Crippen LogP contribution in [0.4, 0.5) is 0 Å². The summed E-state index contributed by atoms with van der Waals surface area (Å²) in [5, 5.41) is 2.82. The predicted octanol–water partition coefficient (Wildman–Crippen LogP) is 1.08. The first-order valence-corrected chi connectivity index (χ1v) is 6.12. The van der Waals surface area contributed by atoms with E-state index in [4.69, 9.17) is 10.5 Å². The summed E-state index contributed by atoms with van der Waals surface area (Å²) in [4.78, 5) is 15.8. The first kappa shape index (κ1) is 14.4. The fourth-order valence-corrected chi connectivity index (χ4v) is 1.31. The van der Waals surface area contributed by atoms with Crippen LogP contribution < -0.4 is 15.8 Å². The van der Waals surface area contributed by atoms with Crippen molar-refractivity contribution < 1.29 is 9.53 Å². The molecule has 18 heavy (non-hydrogen) atoms. The summed E-state index contributed by atoms with van der Waals surface area (Å²) in [6.45, 7) is 6.84. The molecule has 1 heterocycles. The van der Waals surface area contributed by atoms with Crippen molar-refractivity contribution in [1.29, 1.82) is 0 Å². The lowest BCUT2D eigenvalue weighted by Crippen LogP contribution is -2.38. The summed E-state index contributed by atoms with van der Waals surface area (Å²) < 4.78 is 5.49. The monoisotopic (exact) mass is 251 g/mol. The lowest BCUT2D eigenvalue weighted by Gasteiger charge is -2.15. The maximum absolute atomic E-state index is 11.7. The van der Waals surface area contributed by atoms with Gasteiger partial charge in [0, 0.05) is 13.1 Å². The fourth-order valence-electron chi connectivity index (χ4n) is 1.31. The molecule has 0 aliphatic rings. The molecule has 3 N–H and O–H groups in total. The van der Waals surface area contributed by atoms with E-state index in [2.05, 4.69) is 10.3 Å². The van der Waals surface area contributed by atoms with Crippen LogP contribution in [-0.4, -0.2) is 23.5 Å². The average molecular weight is 251 g/mol. The Kier molecular flexibility index (Phi) is 5.58. The Bertz CT molecular complexity index is 376. The van der Waals surface area contributed by atoms with Gasteiger partial charge in [-0.3, -0.25) is 9.78 Å². The number of hydrogen-bond acceptors (Lipinski definition) is 4. The van der Waals surface area contributed by atoms with Crippen molar-refractivity contribution in [1.82, 2.24) is 10.3 Å². The van der Waals surface area contributed by atoms with E-state index in [9.17, 15) is 4.79 Å². The molecule has 1 atom stereocenters. The van der Waals surface area contributed by atoms with Crippen LogP contribution >= 0.6 is 0 Å². The maximum Gasteiger partial charge on any atom is 0.260 e. The zero-order chi connectivity index (χ0) is 13.5. The summed E-state index contributed by atoms with van der Waals surface area (Å²) in [6.07, 6.45) is 1.04. The number of amides is 1. The zero-order valence-electron chi connectivity index (χ0n) is 11.1. The first-order valence-electron chi connectivity index (χ1n) is 6.12. The van der Waals surface area contributed by atoms with Crippen LogP contribution in [0.3, 0.4) is 0 Å². The highest BCUT2D eigenvalue weighted by Crippen LogP contribution is 2.11. The van der Waals surface area contributed by atoms with E-state index in [1.807, 2.05) is 13.8 Å². The summed E-state index contributed by atoms with van der Waals surface area (Å²) in [7, 11) is 0. The number of carbonyl (C=O) groups is 1. The van der Waals surface area contributed by atoms with E-state index >= 15 is 0 Å². The molecular weight excluding hydrogens is 230 g/mol. The Morgan fingerprint density at radius 1 is 1.44 bits per heavy atom. The van der Waals surface area contributed by atoms with E-state index in [0.717, 1.165) is 5.69 Å². The largest absolute Gasteiger partial charge is 0.479 e. The van der Waals surface area contributed by atoms with Gasteiger partial charge in [0.1, 0.15) is 5.75 Å². The molecule has 0 spiro atoms. The Labute approximate surface area is 108 Å². The van der Waals surface area contributed by atoms with Crippen LogP contribution in [0, 0.1) is 5.92 Å². The topological polar surface area (TPSA) is 77.2 Å². The second kappa shape index (κ2) is 6.96. The van der Waals surface area contributed by atoms with Gasteiger partial charge in [-0.1, -0.05) is 13.8 Å². The van der Waals surface area contributed by atoms with Gasteiger partial charge in [-0.25, -0.2) is 0 Å². The summed E-state index contributed by atoms with van der Waals surface area (Å²) in [6, 6.07) is 3.55. The lowest BCUT2D eigenvalue weighted by molar-refractivity contribution is -0.127. The normalized spacial score (nSPS) is 12.3. The van der Waals surface area contributed by atoms with E-state index in [-0.39, 0.29) is 5.91 Å². The number of nitrogens with one attached hydrogen (secondary N) is 1. The highest BCUT2D eigenvalue weighted by Gasteiger charge is 2.14. The first-order chi connectivity index (χ1) is 8.52. The molecule has 0 radical (unpaired) electrons. The highest BCUT2D eigenvalue weighted by atomic mass is 16.5. The molecular formula is C13H21N3O2. The van der Waals surface area contributed by atoms with Crippen molar-refractivity contribution in [2.75, 3.05) is 6.54 Å². The second-order valence-corrected chi connectivity index (χ2v) is 4.59. The van der Waals surface area contributed by atoms with Gasteiger partial charge in [0.05, 0.1) is 11.9 Å². The summed E-state index contributed by atoms with van der Waals surface area (Å²) in [5.41, 5.74) is 6.24. The molecule has 0 saturated heterocycles. The molecule has 0 aliphatic heterocycles. The molecule has 1 unspecified atom stereocenters. The molecule has 0 saturated carbocycles. The van der Waals surface area contributed by atoms with Gasteiger partial charge in [-0.05, 0) is 25.0 Å². The molecule has 1 rings (SSSR count). The fraction of sp³-hybridized carbons (Fsp3) is 0.538. The van der Waals surface area contributed by atoms with Gasteiger partial charge < -0.3 is 15.8 Å². The lowest BCUT2D eigenvalue weighted by atomic mass is 10.2. The van der Waals surface area contributed by atoms with Crippen LogP contribution in [0.25, 0.3) is 0 Å². The molecule has 1 aromatic rings. The van der Waals surface area contributed by atoms with E-state index < -0.39 is 6.10 Å². The zero-order valence-corrected chi connectivity index (χ0v) is 11.1. The average Bonchev–Trinajstić information content (AvgIpc) is 2.36. The Morgan fingerprint density at radius 3 is 2.67 bits per heavy atom. The second-order valence-electron chi connectivity index (χ2n) is 4.59. The number of hydrogen-bond donors (Lipinski definition) is 2. The summed E-state index contributed by atoms with van der Waals surface area (Å²) in [5.74, 6) is 0.873. The molecule has 1 amide bonds. The minimum absolute atomic E-state index is 0.119. The van der Waals surface area contributed by atoms with Crippen molar-refractivity contribution in [3.05, 3.63) is 24.0 Å². The van der Waals surface area contributed by atoms with Crippen molar-refractivity contribution in [3.8, 4) is 5.75 Å². The van der Waals surface area contributed by atoms with Crippen LogP contribution in [0.2, 0.25) is 0 Å². The smallest absolute Gasteiger partial charge is 0.260 e. The van der Waals surface area contributed by atoms with Gasteiger partial charge in [-0.2, -0.15) is 0 Å². The molecule has 0 aliphatic carbocycles. The van der Waals surface area contributed by atoms with Crippen LogP contribution in [0.1, 0.15) is 26.5 Å². The van der Waals surface area contributed by atoms with Crippen molar-refractivity contribution in [2.24, 2.45) is 11.7 Å². The molecule has 5 heteroatoms. The Morgan fingerprint density at radius 2 is 2.17 bits per heavy atom. The number of pyridine rings is 1. The third-order valence-corrected chi connectivity index (χ3v) is 2.37. The predicted molar refractivity (Wildman–Crippen MR) is 70.1 cm³/mol. The molecule has 0 aromatic carbocycles. The minimum Gasteiger partial charge on any atom is -0.479 e. The van der Waals surface area contributed by atoms with Crippen LogP contribution in [0.5, 0.6) is 5.75 Å². The minimum atomic E-state index is -0.533.